The highest BCUT2D eigenvalue weighted by molar-refractivity contribution is 7.80. The van der Waals surface area contributed by atoms with Gasteiger partial charge in [-0.2, -0.15) is 12.6 Å². The first-order valence-corrected chi connectivity index (χ1v) is 6.28. The van der Waals surface area contributed by atoms with Gasteiger partial charge < -0.3 is 9.84 Å². The minimum absolute atomic E-state index is 0.167. The summed E-state index contributed by atoms with van der Waals surface area (Å²) < 4.78 is 4.86. The van der Waals surface area contributed by atoms with Crippen LogP contribution in [0.15, 0.2) is 0 Å². The maximum Gasteiger partial charge on any atom is 0.305 e. The molecular formula is C11H20O4S. The van der Waals surface area contributed by atoms with Crippen molar-refractivity contribution in [1.29, 1.82) is 0 Å². The molecule has 0 aromatic heterocycles. The lowest BCUT2D eigenvalue weighted by Crippen LogP contribution is -2.06. The number of carboxylic acid groups (broad SMARTS) is 1. The Morgan fingerprint density at radius 3 is 2.12 bits per heavy atom. The van der Waals surface area contributed by atoms with Crippen LogP contribution in [0.5, 0.6) is 0 Å². The van der Waals surface area contributed by atoms with Crippen molar-refractivity contribution < 1.29 is 19.4 Å². The van der Waals surface area contributed by atoms with Gasteiger partial charge in [0.15, 0.2) is 0 Å². The lowest BCUT2D eigenvalue weighted by atomic mass is 10.1. The van der Waals surface area contributed by atoms with Crippen LogP contribution in [0, 0.1) is 0 Å². The zero-order valence-electron chi connectivity index (χ0n) is 9.48. The summed E-state index contributed by atoms with van der Waals surface area (Å²) in [5.41, 5.74) is 0. The maximum atomic E-state index is 11.0. The van der Waals surface area contributed by atoms with Gasteiger partial charge in [0.05, 0.1) is 0 Å². The summed E-state index contributed by atoms with van der Waals surface area (Å²) in [6, 6.07) is 0. The summed E-state index contributed by atoms with van der Waals surface area (Å²) in [6.07, 6.45) is 5.08. The highest BCUT2D eigenvalue weighted by Gasteiger charge is 2.01. The summed E-state index contributed by atoms with van der Waals surface area (Å²) in [4.78, 5) is 21.3. The fourth-order valence-electron chi connectivity index (χ4n) is 1.31. The van der Waals surface area contributed by atoms with Crippen molar-refractivity contribution in [3.05, 3.63) is 0 Å². The van der Waals surface area contributed by atoms with E-state index in [2.05, 4.69) is 12.6 Å². The molecule has 1 N–H and O–H groups in total. The highest BCUT2D eigenvalue weighted by Crippen LogP contribution is 2.07. The van der Waals surface area contributed by atoms with Crippen LogP contribution in [-0.2, 0) is 14.3 Å². The molecule has 0 amide bonds. The molecule has 0 fully saturated rings. The van der Waals surface area contributed by atoms with Gasteiger partial charge in [-0.15, -0.1) is 0 Å². The zero-order valence-corrected chi connectivity index (χ0v) is 10.4. The number of rotatable bonds is 10. The molecule has 5 heteroatoms. The number of thiol groups is 1. The average molecular weight is 248 g/mol. The molecule has 0 spiro atoms. The van der Waals surface area contributed by atoms with Crippen molar-refractivity contribution in [3.8, 4) is 0 Å². The predicted octanol–water partition coefficient (Wildman–Crippen LogP) is 2.27. The Kier molecular flexibility index (Phi) is 10.3. The predicted molar refractivity (Wildman–Crippen MR) is 64.8 cm³/mol. The van der Waals surface area contributed by atoms with Gasteiger partial charge in [0.25, 0.3) is 0 Å². The van der Waals surface area contributed by atoms with Crippen molar-refractivity contribution in [2.45, 2.75) is 44.9 Å². The molecule has 0 aliphatic carbocycles. The lowest BCUT2D eigenvalue weighted by molar-refractivity contribution is -0.143. The third-order valence-electron chi connectivity index (χ3n) is 2.13. The number of ether oxygens (including phenoxy) is 1. The summed E-state index contributed by atoms with van der Waals surface area (Å²) in [7, 11) is 0. The summed E-state index contributed by atoms with van der Waals surface area (Å²) in [5.74, 6) is -0.351. The van der Waals surface area contributed by atoms with Crippen molar-refractivity contribution in [2.24, 2.45) is 0 Å². The van der Waals surface area contributed by atoms with Gasteiger partial charge in [-0.1, -0.05) is 19.3 Å². The Morgan fingerprint density at radius 1 is 1.00 bits per heavy atom. The van der Waals surface area contributed by atoms with E-state index in [0.717, 1.165) is 32.1 Å². The van der Waals surface area contributed by atoms with Gasteiger partial charge in [0.2, 0.25) is 0 Å². The summed E-state index contributed by atoms with van der Waals surface area (Å²) >= 11 is 3.93. The van der Waals surface area contributed by atoms with Gasteiger partial charge in [0.1, 0.15) is 6.61 Å². The van der Waals surface area contributed by atoms with Crippen LogP contribution in [0.25, 0.3) is 0 Å². The number of hydrogen-bond donors (Lipinski definition) is 2. The first-order chi connectivity index (χ1) is 7.66. The molecule has 0 atom stereocenters. The Balaban J connectivity index is 3.14. The summed E-state index contributed by atoms with van der Waals surface area (Å²) in [6.45, 7) is 0.376. The van der Waals surface area contributed by atoms with E-state index in [1.807, 2.05) is 0 Å². The second kappa shape index (κ2) is 10.8. The highest BCUT2D eigenvalue weighted by atomic mass is 32.1. The van der Waals surface area contributed by atoms with Gasteiger partial charge in [-0.25, -0.2) is 0 Å². The van der Waals surface area contributed by atoms with Crippen LogP contribution in [0.4, 0.5) is 0 Å². The summed E-state index contributed by atoms with van der Waals surface area (Å²) in [5, 5.41) is 8.40. The smallest absolute Gasteiger partial charge is 0.305 e. The van der Waals surface area contributed by atoms with Crippen LogP contribution in [0.1, 0.15) is 44.9 Å². The third kappa shape index (κ3) is 11.4. The second-order valence-electron chi connectivity index (χ2n) is 3.61. The lowest BCUT2D eigenvalue weighted by Gasteiger charge is -2.02. The maximum absolute atomic E-state index is 11.0. The average Bonchev–Trinajstić information content (AvgIpc) is 2.24. The molecule has 0 bridgehead atoms. The van der Waals surface area contributed by atoms with E-state index in [1.165, 1.54) is 0 Å². The van der Waals surface area contributed by atoms with Crippen molar-refractivity contribution in [2.75, 3.05) is 12.4 Å². The Bertz CT molecular complexity index is 206. The van der Waals surface area contributed by atoms with E-state index in [9.17, 15) is 9.59 Å². The largest absolute Gasteiger partial charge is 0.481 e. The number of esters is 1. The molecule has 0 aliphatic heterocycles. The molecule has 0 heterocycles. The second-order valence-corrected chi connectivity index (χ2v) is 4.05. The monoisotopic (exact) mass is 248 g/mol. The standard InChI is InChI=1S/C11H20O4S/c12-10(13)6-4-2-1-3-5-7-11(14)15-8-9-16/h16H,1-9H2,(H,12,13). The number of carbonyl (C=O) groups excluding carboxylic acids is 1. The Labute approximate surface area is 102 Å². The van der Waals surface area contributed by atoms with E-state index in [0.29, 0.717) is 18.8 Å². The molecule has 0 unspecified atom stereocenters. The molecule has 0 radical (unpaired) electrons. The number of carboxylic acids is 1. The SMILES string of the molecule is O=C(O)CCCCCCCC(=O)OCCS. The fraction of sp³-hybridized carbons (Fsp3) is 0.818. The molecule has 0 saturated carbocycles. The molecule has 4 nitrogen and oxygen atoms in total. The quantitative estimate of drug-likeness (QED) is 0.354. The van der Waals surface area contributed by atoms with Crippen LogP contribution in [-0.4, -0.2) is 29.4 Å². The van der Waals surface area contributed by atoms with Crippen LogP contribution < -0.4 is 0 Å². The van der Waals surface area contributed by atoms with Crippen molar-refractivity contribution in [1.82, 2.24) is 0 Å². The normalized spacial score (nSPS) is 10.1. The molecule has 16 heavy (non-hydrogen) atoms. The molecule has 0 aromatic rings. The van der Waals surface area contributed by atoms with Crippen molar-refractivity contribution >= 4 is 24.6 Å². The Morgan fingerprint density at radius 2 is 1.56 bits per heavy atom. The van der Waals surface area contributed by atoms with Gasteiger partial charge in [0, 0.05) is 18.6 Å². The minimum Gasteiger partial charge on any atom is -0.481 e. The van der Waals surface area contributed by atoms with E-state index in [4.69, 9.17) is 9.84 Å². The van der Waals surface area contributed by atoms with Crippen LogP contribution in [0.2, 0.25) is 0 Å². The topological polar surface area (TPSA) is 63.6 Å². The van der Waals surface area contributed by atoms with Gasteiger partial charge >= 0.3 is 11.9 Å². The third-order valence-corrected chi connectivity index (χ3v) is 2.31. The molecule has 94 valence electrons. The van der Waals surface area contributed by atoms with Crippen molar-refractivity contribution in [3.63, 3.8) is 0 Å². The number of unbranched alkanes of at least 4 members (excludes halogenated alkanes) is 4. The molecular weight excluding hydrogens is 228 g/mol. The number of aliphatic carboxylic acids is 1. The number of hydrogen-bond acceptors (Lipinski definition) is 4. The van der Waals surface area contributed by atoms with E-state index < -0.39 is 5.97 Å². The van der Waals surface area contributed by atoms with Crippen LogP contribution >= 0.6 is 12.6 Å². The van der Waals surface area contributed by atoms with Gasteiger partial charge in [-0.05, 0) is 12.8 Å². The van der Waals surface area contributed by atoms with E-state index >= 15 is 0 Å². The van der Waals surface area contributed by atoms with E-state index in [1.54, 1.807) is 0 Å². The number of carbonyl (C=O) groups is 2. The first-order valence-electron chi connectivity index (χ1n) is 5.65. The molecule has 0 rings (SSSR count). The molecule has 0 aliphatic rings. The minimum atomic E-state index is -0.740. The van der Waals surface area contributed by atoms with E-state index in [-0.39, 0.29) is 12.4 Å². The Hall–Kier alpha value is -0.710. The molecule has 0 saturated heterocycles. The van der Waals surface area contributed by atoms with Gasteiger partial charge in [-0.3, -0.25) is 9.59 Å². The first kappa shape index (κ1) is 15.3. The molecule has 0 aromatic carbocycles. The van der Waals surface area contributed by atoms with Crippen LogP contribution in [0.3, 0.4) is 0 Å². The fourth-order valence-corrected chi connectivity index (χ4v) is 1.40. The zero-order chi connectivity index (χ0) is 12.2.